The molecule has 112 valence electrons. The molecule has 0 aromatic rings. The second-order valence-electron chi connectivity index (χ2n) is 5.22. The third-order valence-corrected chi connectivity index (χ3v) is 5.87. The molecule has 0 amide bonds. The van der Waals surface area contributed by atoms with Crippen LogP contribution in [-0.4, -0.2) is 61.0 Å². The van der Waals surface area contributed by atoms with E-state index < -0.39 is 16.6 Å². The molecule has 2 aliphatic rings. The number of hydrogen-bond acceptors (Lipinski definition) is 5. The Hall–Kier alpha value is -0.0100. The molecule has 2 rings (SSSR count). The summed E-state index contributed by atoms with van der Waals surface area (Å²) in [4.78, 5) is 0. The zero-order valence-corrected chi connectivity index (χ0v) is 12.7. The maximum absolute atomic E-state index is 12.5. The van der Waals surface area contributed by atoms with E-state index in [9.17, 15) is 4.21 Å². The Morgan fingerprint density at radius 3 is 2.79 bits per heavy atom. The van der Waals surface area contributed by atoms with Gasteiger partial charge in [0.25, 0.3) is 0 Å². The van der Waals surface area contributed by atoms with Crippen LogP contribution in [0.3, 0.4) is 0 Å². The summed E-state index contributed by atoms with van der Waals surface area (Å²) in [5.74, 6) is 0.224. The van der Waals surface area contributed by atoms with E-state index in [1.165, 1.54) is 0 Å². The minimum atomic E-state index is -0.862. The lowest BCUT2D eigenvalue weighted by Gasteiger charge is -2.40. The van der Waals surface area contributed by atoms with Crippen molar-refractivity contribution in [2.24, 2.45) is 0 Å². The van der Waals surface area contributed by atoms with Gasteiger partial charge in [-0.1, -0.05) is 0 Å². The molecule has 1 spiro atoms. The van der Waals surface area contributed by atoms with Crippen molar-refractivity contribution in [3.8, 4) is 0 Å². The molecule has 1 N–H and O–H groups in total. The van der Waals surface area contributed by atoms with Crippen LogP contribution in [0.1, 0.15) is 25.7 Å². The van der Waals surface area contributed by atoms with Gasteiger partial charge in [0.15, 0.2) is 5.79 Å². The molecule has 0 bridgehead atoms. The average Bonchev–Trinajstić information content (AvgIpc) is 2.87. The van der Waals surface area contributed by atoms with Crippen LogP contribution in [0.5, 0.6) is 0 Å². The third-order valence-electron chi connectivity index (χ3n) is 4.01. The SMILES string of the molecule is CNC1CCC2(CC1S(=O)CCCOC)OCCO2. The lowest BCUT2D eigenvalue weighted by Crippen LogP contribution is -2.52. The van der Waals surface area contributed by atoms with Crippen LogP contribution in [-0.2, 0) is 25.0 Å². The summed E-state index contributed by atoms with van der Waals surface area (Å²) in [6, 6.07) is 0.293. The highest BCUT2D eigenvalue weighted by atomic mass is 32.2. The summed E-state index contributed by atoms with van der Waals surface area (Å²) < 4.78 is 29.1. The third kappa shape index (κ3) is 3.76. The van der Waals surface area contributed by atoms with E-state index in [4.69, 9.17) is 14.2 Å². The van der Waals surface area contributed by atoms with Gasteiger partial charge in [-0.2, -0.15) is 0 Å². The average molecular weight is 291 g/mol. The fraction of sp³-hybridized carbons (Fsp3) is 1.00. The van der Waals surface area contributed by atoms with Gasteiger partial charge in [0.2, 0.25) is 0 Å². The smallest absolute Gasteiger partial charge is 0.169 e. The summed E-state index contributed by atoms with van der Waals surface area (Å²) >= 11 is 0. The maximum Gasteiger partial charge on any atom is 0.169 e. The minimum absolute atomic E-state index is 0.105. The standard InChI is InChI=1S/C13H25NO4S/c1-14-11-4-5-13(17-7-8-18-13)10-12(11)19(15)9-3-6-16-2/h11-12,14H,3-10H2,1-2H3. The summed E-state index contributed by atoms with van der Waals surface area (Å²) in [5, 5.41) is 3.40. The highest BCUT2D eigenvalue weighted by Crippen LogP contribution is 2.37. The second kappa shape index (κ2) is 7.13. The van der Waals surface area contributed by atoms with Gasteiger partial charge >= 0.3 is 0 Å². The molecule has 2 fully saturated rings. The van der Waals surface area contributed by atoms with Crippen molar-refractivity contribution in [1.29, 1.82) is 0 Å². The normalized spacial score (nSPS) is 31.7. The van der Waals surface area contributed by atoms with Crippen molar-refractivity contribution < 1.29 is 18.4 Å². The van der Waals surface area contributed by atoms with Crippen LogP contribution in [0, 0.1) is 0 Å². The number of ether oxygens (including phenoxy) is 3. The summed E-state index contributed by atoms with van der Waals surface area (Å²) in [6.07, 6.45) is 3.42. The van der Waals surface area contributed by atoms with Gasteiger partial charge in [-0.15, -0.1) is 0 Å². The van der Waals surface area contributed by atoms with E-state index in [2.05, 4.69) is 5.32 Å². The van der Waals surface area contributed by atoms with Gasteiger partial charge in [-0.25, -0.2) is 0 Å². The predicted octanol–water partition coefficient (Wildman–Crippen LogP) is 0.655. The molecular formula is C13H25NO4S. The van der Waals surface area contributed by atoms with E-state index in [0.717, 1.165) is 25.7 Å². The Morgan fingerprint density at radius 1 is 1.42 bits per heavy atom. The topological polar surface area (TPSA) is 56.8 Å². The molecule has 1 saturated heterocycles. The first kappa shape index (κ1) is 15.4. The van der Waals surface area contributed by atoms with Crippen LogP contribution < -0.4 is 5.32 Å². The quantitative estimate of drug-likeness (QED) is 0.729. The van der Waals surface area contributed by atoms with Gasteiger partial charge in [-0.3, -0.25) is 4.21 Å². The van der Waals surface area contributed by atoms with E-state index in [0.29, 0.717) is 31.6 Å². The summed E-state index contributed by atoms with van der Waals surface area (Å²) in [6.45, 7) is 1.99. The van der Waals surface area contributed by atoms with Crippen LogP contribution in [0.25, 0.3) is 0 Å². The van der Waals surface area contributed by atoms with Crippen molar-refractivity contribution in [2.45, 2.75) is 42.8 Å². The lowest BCUT2D eigenvalue weighted by molar-refractivity contribution is -0.178. The zero-order chi connectivity index (χ0) is 13.7. The summed E-state index contributed by atoms with van der Waals surface area (Å²) in [7, 11) is 2.76. The van der Waals surface area contributed by atoms with Crippen molar-refractivity contribution in [2.75, 3.05) is 39.7 Å². The summed E-state index contributed by atoms with van der Waals surface area (Å²) in [5.41, 5.74) is 0. The van der Waals surface area contributed by atoms with E-state index >= 15 is 0 Å². The van der Waals surface area contributed by atoms with Gasteiger partial charge in [0, 0.05) is 49.2 Å². The fourth-order valence-electron chi connectivity index (χ4n) is 2.97. The van der Waals surface area contributed by atoms with Crippen LogP contribution in [0.2, 0.25) is 0 Å². The number of hydrogen-bond donors (Lipinski definition) is 1. The zero-order valence-electron chi connectivity index (χ0n) is 11.9. The van der Waals surface area contributed by atoms with Gasteiger partial charge in [0.1, 0.15) is 0 Å². The highest BCUT2D eigenvalue weighted by Gasteiger charge is 2.46. The molecule has 1 saturated carbocycles. The Kier molecular flexibility index (Phi) is 5.77. The van der Waals surface area contributed by atoms with Crippen molar-refractivity contribution in [3.63, 3.8) is 0 Å². The van der Waals surface area contributed by atoms with Gasteiger partial charge in [-0.05, 0) is 19.9 Å². The molecule has 0 aromatic carbocycles. The largest absolute Gasteiger partial charge is 0.385 e. The first-order chi connectivity index (χ1) is 9.21. The molecule has 0 radical (unpaired) electrons. The Morgan fingerprint density at radius 2 is 2.16 bits per heavy atom. The number of methoxy groups -OCH3 is 1. The highest BCUT2D eigenvalue weighted by molar-refractivity contribution is 7.85. The molecule has 5 nitrogen and oxygen atoms in total. The molecule has 1 heterocycles. The Balaban J connectivity index is 1.95. The van der Waals surface area contributed by atoms with Crippen molar-refractivity contribution in [1.82, 2.24) is 5.32 Å². The molecule has 3 atom stereocenters. The molecular weight excluding hydrogens is 266 g/mol. The molecule has 1 aliphatic heterocycles. The van der Waals surface area contributed by atoms with Crippen molar-refractivity contribution in [3.05, 3.63) is 0 Å². The Labute approximate surface area is 117 Å². The first-order valence-corrected chi connectivity index (χ1v) is 8.40. The first-order valence-electron chi connectivity index (χ1n) is 7.02. The second-order valence-corrected chi connectivity index (χ2v) is 6.99. The van der Waals surface area contributed by atoms with Crippen LogP contribution in [0.4, 0.5) is 0 Å². The fourth-order valence-corrected chi connectivity index (χ4v) is 4.76. The van der Waals surface area contributed by atoms with Crippen LogP contribution >= 0.6 is 0 Å². The van der Waals surface area contributed by atoms with Crippen LogP contribution in [0.15, 0.2) is 0 Å². The van der Waals surface area contributed by atoms with E-state index in [1.54, 1.807) is 7.11 Å². The number of nitrogens with one attached hydrogen (secondary N) is 1. The lowest BCUT2D eigenvalue weighted by atomic mass is 9.89. The van der Waals surface area contributed by atoms with E-state index in [-0.39, 0.29) is 5.25 Å². The maximum atomic E-state index is 12.5. The molecule has 0 aromatic heterocycles. The number of rotatable bonds is 6. The van der Waals surface area contributed by atoms with Gasteiger partial charge < -0.3 is 19.5 Å². The van der Waals surface area contributed by atoms with Gasteiger partial charge in [0.05, 0.1) is 18.5 Å². The molecule has 6 heteroatoms. The molecule has 3 unspecified atom stereocenters. The van der Waals surface area contributed by atoms with Crippen molar-refractivity contribution >= 4 is 10.8 Å². The Bertz CT molecular complexity index is 307. The monoisotopic (exact) mass is 291 g/mol. The predicted molar refractivity (Wildman–Crippen MR) is 74.6 cm³/mol. The molecule has 19 heavy (non-hydrogen) atoms. The van der Waals surface area contributed by atoms with E-state index in [1.807, 2.05) is 7.05 Å². The minimum Gasteiger partial charge on any atom is -0.385 e. The molecule has 1 aliphatic carbocycles.